The molecule has 0 saturated heterocycles. The molecule has 0 spiro atoms. The third kappa shape index (κ3) is 4.60. The van der Waals surface area contributed by atoms with Crippen molar-refractivity contribution < 1.29 is 13.2 Å². The van der Waals surface area contributed by atoms with Crippen LogP contribution in [-0.4, -0.2) is 43.6 Å². The van der Waals surface area contributed by atoms with Crippen molar-refractivity contribution in [2.75, 3.05) is 23.7 Å². The van der Waals surface area contributed by atoms with Gasteiger partial charge >= 0.3 is 0 Å². The Labute approximate surface area is 196 Å². The summed E-state index contributed by atoms with van der Waals surface area (Å²) in [5, 5.41) is 3.90. The van der Waals surface area contributed by atoms with Gasteiger partial charge in [0.1, 0.15) is 4.90 Å². The largest absolute Gasteiger partial charge is 0.355 e. The molecule has 1 amide bonds. The fourth-order valence-corrected chi connectivity index (χ4v) is 5.45. The Morgan fingerprint density at radius 2 is 1.94 bits per heavy atom. The lowest BCUT2D eigenvalue weighted by atomic mass is 10.1. The van der Waals surface area contributed by atoms with Gasteiger partial charge in [-0.25, -0.2) is 18.4 Å². The molecule has 10 heteroatoms. The van der Waals surface area contributed by atoms with Crippen molar-refractivity contribution in [3.8, 4) is 11.3 Å². The Morgan fingerprint density at radius 3 is 2.69 bits per heavy atom. The van der Waals surface area contributed by atoms with E-state index in [4.69, 9.17) is 11.6 Å². The molecule has 1 aromatic heterocycles. The average molecular weight is 489 g/mol. The van der Waals surface area contributed by atoms with E-state index in [9.17, 15) is 13.2 Å². The molecule has 4 rings (SSSR count). The first-order valence-electron chi connectivity index (χ1n) is 9.86. The fraction of sp³-hybridized carbons (Fsp3) is 0.227. The van der Waals surface area contributed by atoms with E-state index >= 15 is 0 Å². The number of rotatable bonds is 6. The minimum Gasteiger partial charge on any atom is -0.355 e. The molecule has 1 N–H and O–H groups in total. The number of aryl methyl sites for hydroxylation is 1. The third-order valence-corrected chi connectivity index (χ3v) is 7.99. The zero-order valence-electron chi connectivity index (χ0n) is 17.5. The predicted octanol–water partition coefficient (Wildman–Crippen LogP) is 3.69. The van der Waals surface area contributed by atoms with Gasteiger partial charge in [0.2, 0.25) is 5.91 Å². The molecule has 0 bridgehead atoms. The Balaban J connectivity index is 1.44. The van der Waals surface area contributed by atoms with Crippen LogP contribution in [0.4, 0.5) is 5.69 Å². The van der Waals surface area contributed by atoms with Crippen molar-refractivity contribution in [3.05, 3.63) is 64.8 Å². The van der Waals surface area contributed by atoms with Crippen molar-refractivity contribution in [3.63, 3.8) is 0 Å². The van der Waals surface area contributed by atoms with E-state index in [0.29, 0.717) is 34.5 Å². The number of amides is 1. The first-order chi connectivity index (χ1) is 15.3. The number of halogens is 1. The molecule has 1 aliphatic heterocycles. The van der Waals surface area contributed by atoms with Gasteiger partial charge in [-0.3, -0.25) is 9.10 Å². The summed E-state index contributed by atoms with van der Waals surface area (Å²) in [5.41, 5.74) is 3.74. The molecule has 0 saturated carbocycles. The number of hydrogen-bond acceptors (Lipinski definition) is 6. The van der Waals surface area contributed by atoms with Crippen molar-refractivity contribution >= 4 is 45.0 Å². The number of hydrogen-bond donors (Lipinski definition) is 1. The number of aromatic nitrogens is 2. The molecule has 0 atom stereocenters. The molecule has 2 heterocycles. The Morgan fingerprint density at radius 1 is 1.19 bits per heavy atom. The van der Waals surface area contributed by atoms with Gasteiger partial charge in [-0.15, -0.1) is 0 Å². The molecule has 32 heavy (non-hydrogen) atoms. The second-order valence-electron chi connectivity index (χ2n) is 7.37. The van der Waals surface area contributed by atoms with E-state index in [2.05, 4.69) is 15.3 Å². The number of carbonyl (C=O) groups is 1. The van der Waals surface area contributed by atoms with Crippen LogP contribution in [0.3, 0.4) is 0 Å². The summed E-state index contributed by atoms with van der Waals surface area (Å²) in [4.78, 5) is 21.0. The molecular formula is C22H21ClN4O3S2. The van der Waals surface area contributed by atoms with Gasteiger partial charge in [-0.2, -0.15) is 0 Å². The van der Waals surface area contributed by atoms with E-state index in [0.717, 1.165) is 16.7 Å². The number of sulfonamides is 1. The Kier molecular flexibility index (Phi) is 6.41. The molecule has 0 radical (unpaired) electrons. The predicted molar refractivity (Wildman–Crippen MR) is 127 cm³/mol. The first kappa shape index (κ1) is 22.6. The lowest BCUT2D eigenvalue weighted by Crippen LogP contribution is -2.31. The van der Waals surface area contributed by atoms with Crippen LogP contribution >= 0.6 is 23.4 Å². The molecule has 0 aliphatic carbocycles. The highest BCUT2D eigenvalue weighted by Gasteiger charge is 2.34. The van der Waals surface area contributed by atoms with Crippen molar-refractivity contribution in [2.24, 2.45) is 0 Å². The van der Waals surface area contributed by atoms with Crippen LogP contribution in [0.2, 0.25) is 5.02 Å². The second-order valence-corrected chi connectivity index (χ2v) is 10.7. The summed E-state index contributed by atoms with van der Waals surface area (Å²) in [6.07, 6.45) is 2.02. The number of benzene rings is 2. The van der Waals surface area contributed by atoms with Crippen LogP contribution in [0.5, 0.6) is 0 Å². The second kappa shape index (κ2) is 9.09. The van der Waals surface area contributed by atoms with Crippen LogP contribution in [0.15, 0.2) is 58.7 Å². The third-order valence-electron chi connectivity index (χ3n) is 5.10. The summed E-state index contributed by atoms with van der Waals surface area (Å²) in [6, 6.07) is 13.0. The minimum absolute atomic E-state index is 0.0647. The van der Waals surface area contributed by atoms with E-state index in [1.807, 2.05) is 43.3 Å². The van der Waals surface area contributed by atoms with Crippen LogP contribution in [0.1, 0.15) is 11.1 Å². The van der Waals surface area contributed by atoms with Crippen LogP contribution in [0, 0.1) is 6.92 Å². The van der Waals surface area contributed by atoms with Gasteiger partial charge in [0.05, 0.1) is 23.3 Å². The highest BCUT2D eigenvalue weighted by molar-refractivity contribution is 7.99. The lowest BCUT2D eigenvalue weighted by molar-refractivity contribution is -0.118. The number of fused-ring (bicyclic) bond motifs is 3. The molecule has 0 unspecified atom stereocenters. The topological polar surface area (TPSA) is 92.3 Å². The number of anilines is 1. The van der Waals surface area contributed by atoms with E-state index < -0.39 is 10.0 Å². The summed E-state index contributed by atoms with van der Waals surface area (Å²) >= 11 is 7.05. The van der Waals surface area contributed by atoms with E-state index in [1.54, 1.807) is 6.07 Å². The molecular weight excluding hydrogens is 468 g/mol. The Bertz CT molecular complexity index is 1280. The normalized spacial score (nSPS) is 13.9. The maximum Gasteiger partial charge on any atom is 0.267 e. The molecule has 0 fully saturated rings. The zero-order valence-corrected chi connectivity index (χ0v) is 19.9. The lowest BCUT2D eigenvalue weighted by Gasteiger charge is -2.28. The van der Waals surface area contributed by atoms with Gasteiger partial charge in [0.25, 0.3) is 10.0 Å². The number of nitrogens with zero attached hydrogens (tertiary/aromatic N) is 3. The standard InChI is InChI=1S/C22H21ClN4O3S2/c1-14-3-8-18-17(11-14)21-19(32(29,30)27(18)2)12-25-22(26-21)31-13-20(28)24-10-9-15-4-6-16(23)7-5-15/h3-8,11-12H,9-10,13H2,1-2H3,(H,24,28). The molecule has 3 aromatic rings. The van der Waals surface area contributed by atoms with Crippen molar-refractivity contribution in [1.82, 2.24) is 15.3 Å². The maximum absolute atomic E-state index is 12.9. The van der Waals surface area contributed by atoms with Crippen LogP contribution in [-0.2, 0) is 21.2 Å². The highest BCUT2D eigenvalue weighted by Crippen LogP contribution is 2.41. The SMILES string of the molecule is Cc1ccc2c(c1)-c1nc(SCC(=O)NCCc3ccc(Cl)cc3)ncc1S(=O)(=O)N2C. The number of thioether (sulfide) groups is 1. The fourth-order valence-electron chi connectivity index (χ4n) is 3.38. The van der Waals surface area contributed by atoms with E-state index in [-0.39, 0.29) is 16.6 Å². The van der Waals surface area contributed by atoms with Gasteiger partial charge in [-0.1, -0.05) is 47.1 Å². The summed E-state index contributed by atoms with van der Waals surface area (Å²) in [6.45, 7) is 2.44. The highest BCUT2D eigenvalue weighted by atomic mass is 35.5. The van der Waals surface area contributed by atoms with Gasteiger partial charge < -0.3 is 5.32 Å². The molecule has 1 aliphatic rings. The minimum atomic E-state index is -3.72. The zero-order chi connectivity index (χ0) is 22.9. The van der Waals surface area contributed by atoms with Gasteiger partial charge in [-0.05, 0) is 43.2 Å². The summed E-state index contributed by atoms with van der Waals surface area (Å²) in [5.74, 6) is -0.0129. The number of carbonyl (C=O) groups excluding carboxylic acids is 1. The maximum atomic E-state index is 12.9. The van der Waals surface area contributed by atoms with Gasteiger partial charge in [0.15, 0.2) is 5.16 Å². The molecule has 166 valence electrons. The molecule has 2 aromatic carbocycles. The quantitative estimate of drug-likeness (QED) is 0.420. The molecule has 7 nitrogen and oxygen atoms in total. The Hall–Kier alpha value is -2.62. The average Bonchev–Trinajstić information content (AvgIpc) is 2.77. The van der Waals surface area contributed by atoms with Crippen molar-refractivity contribution in [1.29, 1.82) is 0 Å². The van der Waals surface area contributed by atoms with Gasteiger partial charge in [0, 0.05) is 24.2 Å². The summed E-state index contributed by atoms with van der Waals surface area (Å²) in [7, 11) is -2.21. The monoisotopic (exact) mass is 488 g/mol. The van der Waals surface area contributed by atoms with Crippen LogP contribution < -0.4 is 9.62 Å². The van der Waals surface area contributed by atoms with Crippen molar-refractivity contribution in [2.45, 2.75) is 23.4 Å². The first-order valence-corrected chi connectivity index (χ1v) is 12.7. The van der Waals surface area contributed by atoms with E-state index in [1.165, 1.54) is 29.3 Å². The smallest absolute Gasteiger partial charge is 0.267 e. The number of nitrogens with one attached hydrogen (secondary N) is 1. The van der Waals surface area contributed by atoms with Crippen LogP contribution in [0.25, 0.3) is 11.3 Å². The summed E-state index contributed by atoms with van der Waals surface area (Å²) < 4.78 is 26.9.